The van der Waals surface area contributed by atoms with Crippen LogP contribution in [0.4, 0.5) is 30.7 Å². The second-order valence-corrected chi connectivity index (χ2v) is 6.80. The third-order valence-electron chi connectivity index (χ3n) is 2.98. The van der Waals surface area contributed by atoms with Gasteiger partial charge in [0.05, 0.1) is 17.0 Å². The molecule has 0 aromatic heterocycles. The molecule has 1 amide bonds. The summed E-state index contributed by atoms with van der Waals surface area (Å²) in [6.07, 6.45) is 0. The Kier molecular flexibility index (Phi) is 8.63. The highest BCUT2D eigenvalue weighted by atomic mass is 33.1. The van der Waals surface area contributed by atoms with Gasteiger partial charge < -0.3 is 5.11 Å². The Bertz CT molecular complexity index is 988. The van der Waals surface area contributed by atoms with Crippen LogP contribution in [-0.4, -0.2) is 24.2 Å². The predicted octanol–water partition coefficient (Wildman–Crippen LogP) is 5.51. The Morgan fingerprint density at radius 2 is 1.17 bits per heavy atom. The van der Waals surface area contributed by atoms with Crippen molar-refractivity contribution in [3.63, 3.8) is 0 Å². The molecule has 0 fully saturated rings. The summed E-state index contributed by atoms with van der Waals surface area (Å²) in [7, 11) is 0.749. The van der Waals surface area contributed by atoms with Gasteiger partial charge in [-0.05, 0) is 33.7 Å². The van der Waals surface area contributed by atoms with Crippen molar-refractivity contribution in [2.45, 2.75) is 9.79 Å². The molecule has 0 heterocycles. The maximum Gasteiger partial charge on any atom is 0.341 e. The topological polar surface area (TPSA) is 83.8 Å². The fourth-order valence-corrected chi connectivity index (χ4v) is 3.87. The van der Waals surface area contributed by atoms with Crippen molar-refractivity contribution >= 4 is 33.5 Å². The highest BCUT2D eigenvalue weighted by Crippen LogP contribution is 2.42. The van der Waals surface area contributed by atoms with E-state index in [9.17, 15) is 45.2 Å². The third kappa shape index (κ3) is 5.06. The van der Waals surface area contributed by atoms with Gasteiger partial charge in [-0.1, -0.05) is 0 Å². The molecule has 0 aliphatic rings. The number of rotatable bonds is 5. The number of halogens is 7. The molecule has 0 saturated heterocycles. The van der Waals surface area contributed by atoms with Gasteiger partial charge in [0.2, 0.25) is 0 Å². The van der Waals surface area contributed by atoms with Crippen molar-refractivity contribution in [2.75, 3.05) is 7.18 Å². The zero-order valence-corrected chi connectivity index (χ0v) is 15.4. The number of alkyl halides is 1. The molecule has 0 unspecified atom stereocenters. The number of nitrogens with zero attached hydrogens (tertiary/aromatic N) is 1. The predicted molar refractivity (Wildman–Crippen MR) is 88.5 cm³/mol. The summed E-state index contributed by atoms with van der Waals surface area (Å²) in [5, 5.41) is 10.4. The SMILES string of the molecule is CF.O=NC(=O)c1c(F)cc(SSc2cc(F)c(C(=O)O)c(F)c2F)c(F)c1F. The second-order valence-electron chi connectivity index (χ2n) is 4.59. The second kappa shape index (κ2) is 10.2. The molecule has 5 nitrogen and oxygen atoms in total. The van der Waals surface area contributed by atoms with Crippen LogP contribution in [0.5, 0.6) is 0 Å². The Morgan fingerprint density at radius 3 is 1.55 bits per heavy atom. The normalized spacial score (nSPS) is 10.2. The molecular weight excluding hydrogens is 455 g/mol. The highest BCUT2D eigenvalue weighted by Gasteiger charge is 2.27. The number of carboxylic acid groups (broad SMARTS) is 1. The summed E-state index contributed by atoms with van der Waals surface area (Å²) >= 11 is 0. The average molecular weight is 461 g/mol. The van der Waals surface area contributed by atoms with E-state index in [-0.39, 0.29) is 21.6 Å². The highest BCUT2D eigenvalue weighted by molar-refractivity contribution is 8.76. The van der Waals surface area contributed by atoms with E-state index >= 15 is 0 Å². The minimum Gasteiger partial charge on any atom is -0.477 e. The van der Waals surface area contributed by atoms with Crippen LogP contribution in [0.1, 0.15) is 20.7 Å². The van der Waals surface area contributed by atoms with Crippen LogP contribution in [0, 0.1) is 39.8 Å². The monoisotopic (exact) mass is 461 g/mol. The summed E-state index contributed by atoms with van der Waals surface area (Å²) in [6, 6.07) is 0.600. The molecule has 29 heavy (non-hydrogen) atoms. The minimum absolute atomic E-state index is 0.123. The average Bonchev–Trinajstić information content (AvgIpc) is 2.68. The van der Waals surface area contributed by atoms with Crippen molar-refractivity contribution in [3.8, 4) is 0 Å². The lowest BCUT2D eigenvalue weighted by Crippen LogP contribution is -2.07. The Balaban J connectivity index is 0.00000204. The number of hydrogen-bond donors (Lipinski definition) is 1. The first-order valence-corrected chi connectivity index (χ1v) is 8.93. The third-order valence-corrected chi connectivity index (χ3v) is 5.35. The Labute approximate surface area is 164 Å². The van der Waals surface area contributed by atoms with Crippen LogP contribution in [0.3, 0.4) is 0 Å². The number of carbonyl (C=O) groups is 2. The molecule has 0 bridgehead atoms. The van der Waals surface area contributed by atoms with E-state index in [0.717, 1.165) is 0 Å². The van der Waals surface area contributed by atoms with Crippen molar-refractivity contribution in [2.24, 2.45) is 5.18 Å². The van der Waals surface area contributed by atoms with Crippen LogP contribution in [0.2, 0.25) is 0 Å². The van der Waals surface area contributed by atoms with Crippen molar-refractivity contribution in [1.82, 2.24) is 0 Å². The fraction of sp³-hybridized carbons (Fsp3) is 0.0667. The van der Waals surface area contributed by atoms with Gasteiger partial charge in [-0.25, -0.2) is 31.1 Å². The van der Waals surface area contributed by atoms with Crippen LogP contribution < -0.4 is 0 Å². The van der Waals surface area contributed by atoms with Gasteiger partial charge in [0.25, 0.3) is 0 Å². The quantitative estimate of drug-likeness (QED) is 0.274. The molecule has 0 saturated carbocycles. The summed E-state index contributed by atoms with van der Waals surface area (Å²) in [6.45, 7) is 0. The molecule has 2 aromatic rings. The largest absolute Gasteiger partial charge is 0.477 e. The van der Waals surface area contributed by atoms with Gasteiger partial charge in [0.15, 0.2) is 23.3 Å². The standard InChI is InChI=1S/C14H3F6NO4S2.CH3F/c15-3-1-5(9(17)11(19)7(3)13(22)21-25)26-27-6-2-4(16)8(14(23)24)12(20)10(6)18;1-2/h1-2H,(H,23,24);1H3. The lowest BCUT2D eigenvalue weighted by atomic mass is 10.2. The van der Waals surface area contributed by atoms with Crippen molar-refractivity contribution in [1.29, 1.82) is 0 Å². The van der Waals surface area contributed by atoms with Crippen LogP contribution in [-0.2, 0) is 0 Å². The molecule has 0 aliphatic carbocycles. The first-order valence-electron chi connectivity index (χ1n) is 6.78. The Morgan fingerprint density at radius 1 is 0.793 bits per heavy atom. The minimum atomic E-state index is -2.06. The summed E-state index contributed by atoms with van der Waals surface area (Å²) in [5.41, 5.74) is -3.08. The molecule has 14 heteroatoms. The number of carbonyl (C=O) groups excluding carboxylic acids is 1. The van der Waals surface area contributed by atoms with Crippen molar-refractivity contribution in [3.05, 3.63) is 63.1 Å². The maximum atomic E-state index is 13.9. The molecule has 156 valence electrons. The first-order chi connectivity index (χ1) is 13.6. The smallest absolute Gasteiger partial charge is 0.341 e. The summed E-state index contributed by atoms with van der Waals surface area (Å²) in [5.74, 6) is -14.8. The summed E-state index contributed by atoms with van der Waals surface area (Å²) < 4.78 is 91.8. The molecule has 2 aromatic carbocycles. The first kappa shape index (κ1) is 24.4. The zero-order valence-electron chi connectivity index (χ0n) is 13.7. The number of aromatic carboxylic acids is 1. The van der Waals surface area contributed by atoms with Gasteiger partial charge in [-0.3, -0.25) is 9.18 Å². The van der Waals surface area contributed by atoms with Gasteiger partial charge in [0, 0.05) is 5.18 Å². The number of benzene rings is 2. The zero-order chi connectivity index (χ0) is 22.5. The molecule has 0 spiro atoms. The molecule has 0 aliphatic heterocycles. The van der Waals surface area contributed by atoms with Gasteiger partial charge in [-0.15, -0.1) is 4.91 Å². The lowest BCUT2D eigenvalue weighted by molar-refractivity contribution is 0.0684. The molecule has 0 radical (unpaired) electrons. The van der Waals surface area contributed by atoms with Gasteiger partial charge in [0.1, 0.15) is 22.8 Å². The van der Waals surface area contributed by atoms with Crippen molar-refractivity contribution < 1.29 is 45.4 Å². The van der Waals surface area contributed by atoms with Crippen LogP contribution in [0.15, 0.2) is 27.1 Å². The number of carboxylic acids is 1. The van der Waals surface area contributed by atoms with E-state index in [2.05, 4.69) is 0 Å². The molecule has 2 rings (SSSR count). The number of hydrogen-bond acceptors (Lipinski definition) is 5. The Hall–Kier alpha value is -2.61. The molecule has 0 atom stereocenters. The molecular formula is C15H6F7NO4S2. The maximum absolute atomic E-state index is 13.9. The van der Waals surface area contributed by atoms with Crippen LogP contribution in [0.25, 0.3) is 0 Å². The number of amides is 1. The van der Waals surface area contributed by atoms with Gasteiger partial charge >= 0.3 is 11.9 Å². The van der Waals surface area contributed by atoms with E-state index in [0.29, 0.717) is 19.3 Å². The van der Waals surface area contributed by atoms with E-state index in [4.69, 9.17) is 5.11 Å². The van der Waals surface area contributed by atoms with Gasteiger partial charge in [-0.2, -0.15) is 0 Å². The van der Waals surface area contributed by atoms with E-state index < -0.39 is 67.7 Å². The van der Waals surface area contributed by atoms with E-state index in [1.807, 2.05) is 0 Å². The van der Waals surface area contributed by atoms with E-state index in [1.54, 1.807) is 5.18 Å². The van der Waals surface area contributed by atoms with E-state index in [1.165, 1.54) is 0 Å². The summed E-state index contributed by atoms with van der Waals surface area (Å²) in [4.78, 5) is 30.1. The fourth-order valence-electron chi connectivity index (χ4n) is 1.80. The number of nitroso groups, excluding NO2 is 1. The molecule has 1 N–H and O–H groups in total. The van der Waals surface area contributed by atoms with Crippen LogP contribution >= 0.6 is 21.6 Å². The lowest BCUT2D eigenvalue weighted by Gasteiger charge is -2.09.